The molecule has 1 aliphatic carbocycles. The van der Waals surface area contributed by atoms with Crippen molar-refractivity contribution >= 4 is 41.3 Å². The number of carbonyl (C=O) groups is 3. The molecule has 0 unspecified atom stereocenters. The Kier molecular flexibility index (Phi) is 8.12. The molecule has 4 rings (SSSR count). The molecular weight excluding hydrogens is 540 g/mol. The van der Waals surface area contributed by atoms with Crippen molar-refractivity contribution in [2.45, 2.75) is 39.2 Å². The van der Waals surface area contributed by atoms with Gasteiger partial charge in [0.2, 0.25) is 17.7 Å². The van der Waals surface area contributed by atoms with Crippen molar-refractivity contribution in [3.05, 3.63) is 66.0 Å². The van der Waals surface area contributed by atoms with E-state index >= 15 is 0 Å². The summed E-state index contributed by atoms with van der Waals surface area (Å²) in [6, 6.07) is 8.80. The number of hydrogen-bond acceptors (Lipinski definition) is 9. The van der Waals surface area contributed by atoms with E-state index in [4.69, 9.17) is 15.2 Å². The van der Waals surface area contributed by atoms with Crippen LogP contribution in [0, 0.1) is 17.0 Å². The Hall–Kier alpha value is -5.14. The third-order valence-corrected chi connectivity index (χ3v) is 5.74. The van der Waals surface area contributed by atoms with Gasteiger partial charge in [-0.05, 0) is 70.0 Å². The molecule has 1 fully saturated rings. The Morgan fingerprint density at radius 1 is 1.00 bits per heavy atom. The molecule has 14 heteroatoms. The van der Waals surface area contributed by atoms with Gasteiger partial charge in [-0.25, -0.2) is 29.0 Å². The quantitative estimate of drug-likeness (QED) is 0.177. The van der Waals surface area contributed by atoms with E-state index in [1.165, 1.54) is 36.4 Å². The molecule has 214 valence electrons. The fraction of sp³-hybridized carbons (Fsp3) is 0.259. The Bertz CT molecular complexity index is 1500. The third kappa shape index (κ3) is 7.29. The third-order valence-electron chi connectivity index (χ3n) is 5.74. The summed E-state index contributed by atoms with van der Waals surface area (Å²) < 4.78 is 38.7. The maximum absolute atomic E-state index is 15.0. The van der Waals surface area contributed by atoms with E-state index in [1.807, 2.05) is 0 Å². The molecule has 0 aliphatic heterocycles. The molecule has 3 amide bonds. The largest absolute Gasteiger partial charge is 0.443 e. The number of nitrogens with zero attached hydrogens (tertiary/aromatic N) is 3. The lowest BCUT2D eigenvalue weighted by atomic mass is 10.0. The van der Waals surface area contributed by atoms with E-state index in [1.54, 1.807) is 20.8 Å². The van der Waals surface area contributed by atoms with E-state index < -0.39 is 40.6 Å². The van der Waals surface area contributed by atoms with E-state index in [-0.39, 0.29) is 28.7 Å². The van der Waals surface area contributed by atoms with E-state index in [0.29, 0.717) is 18.5 Å². The number of hydrazone groups is 1. The van der Waals surface area contributed by atoms with Crippen LogP contribution in [0.5, 0.6) is 11.6 Å². The molecule has 1 saturated carbocycles. The second-order valence-electron chi connectivity index (χ2n) is 10.1. The van der Waals surface area contributed by atoms with Crippen LogP contribution in [0.25, 0.3) is 0 Å². The van der Waals surface area contributed by atoms with Crippen LogP contribution in [0.3, 0.4) is 0 Å². The zero-order valence-electron chi connectivity index (χ0n) is 22.3. The van der Waals surface area contributed by atoms with Crippen molar-refractivity contribution in [2.75, 3.05) is 16.4 Å². The van der Waals surface area contributed by atoms with Gasteiger partial charge in [0.25, 0.3) is 0 Å². The summed E-state index contributed by atoms with van der Waals surface area (Å²) in [4.78, 5) is 45.3. The van der Waals surface area contributed by atoms with E-state index in [0.717, 1.165) is 18.6 Å². The number of rotatable bonds is 8. The molecule has 1 aliphatic rings. The number of nitrogens with two attached hydrogens (primary N) is 1. The molecule has 3 aromatic rings. The number of ether oxygens (including phenoxy) is 2. The summed E-state index contributed by atoms with van der Waals surface area (Å²) in [6.07, 6.45) is 2.01. The molecule has 0 bridgehead atoms. The highest BCUT2D eigenvalue weighted by molar-refractivity contribution is 6.16. The zero-order chi connectivity index (χ0) is 29.8. The van der Waals surface area contributed by atoms with Gasteiger partial charge in [0.15, 0.2) is 11.6 Å². The topological polar surface area (TPSA) is 170 Å². The summed E-state index contributed by atoms with van der Waals surface area (Å²) >= 11 is 0. The highest BCUT2D eigenvalue weighted by atomic mass is 19.1. The molecule has 0 atom stereocenters. The number of carbonyl (C=O) groups excluding carboxylic acids is 3. The fourth-order valence-electron chi connectivity index (χ4n) is 3.53. The lowest BCUT2D eigenvalue weighted by Crippen LogP contribution is -2.35. The number of benzene rings is 2. The van der Waals surface area contributed by atoms with Crippen LogP contribution >= 0.6 is 0 Å². The minimum atomic E-state index is -1.32. The molecule has 1 heterocycles. The first kappa shape index (κ1) is 28.9. The van der Waals surface area contributed by atoms with Crippen molar-refractivity contribution < 1.29 is 32.6 Å². The summed E-state index contributed by atoms with van der Waals surface area (Å²) in [5.74, 6) is -2.93. The van der Waals surface area contributed by atoms with Crippen molar-refractivity contribution in [3.63, 3.8) is 0 Å². The number of amides is 3. The monoisotopic (exact) mass is 567 g/mol. The van der Waals surface area contributed by atoms with Gasteiger partial charge in [-0.1, -0.05) is 0 Å². The van der Waals surface area contributed by atoms with Crippen LogP contribution in [0.4, 0.5) is 30.8 Å². The van der Waals surface area contributed by atoms with Gasteiger partial charge < -0.3 is 25.8 Å². The van der Waals surface area contributed by atoms with Crippen LogP contribution in [0.1, 0.15) is 39.2 Å². The molecule has 41 heavy (non-hydrogen) atoms. The smallest absolute Gasteiger partial charge is 0.428 e. The number of aromatic nitrogens is 2. The number of nitrogen functional groups attached to an aromatic ring is 1. The van der Waals surface area contributed by atoms with Gasteiger partial charge in [0.1, 0.15) is 29.0 Å². The predicted molar refractivity (Wildman–Crippen MR) is 145 cm³/mol. The molecule has 1 aromatic heterocycles. The van der Waals surface area contributed by atoms with Gasteiger partial charge in [-0.2, -0.15) is 5.10 Å². The van der Waals surface area contributed by atoms with Crippen molar-refractivity contribution in [2.24, 2.45) is 10.5 Å². The predicted octanol–water partition coefficient (Wildman–Crippen LogP) is 4.35. The SMILES string of the molecule is CC(C)(C)OC(=O)N/N=C/c1c(N)ncnc1Oc1ccc(NC(=O)C2(C(=O)Nc3ccc(F)cc3)CC2)cc1F. The number of nitrogens with one attached hydrogen (secondary N) is 3. The first-order chi connectivity index (χ1) is 19.4. The van der Waals surface area contributed by atoms with Crippen molar-refractivity contribution in [1.29, 1.82) is 0 Å². The van der Waals surface area contributed by atoms with Crippen LogP contribution in [0.2, 0.25) is 0 Å². The van der Waals surface area contributed by atoms with Crippen molar-refractivity contribution in [1.82, 2.24) is 15.4 Å². The second kappa shape index (κ2) is 11.5. The molecule has 0 radical (unpaired) electrons. The highest BCUT2D eigenvalue weighted by Gasteiger charge is 2.56. The van der Waals surface area contributed by atoms with Gasteiger partial charge >= 0.3 is 6.09 Å². The first-order valence-electron chi connectivity index (χ1n) is 12.3. The first-order valence-corrected chi connectivity index (χ1v) is 12.3. The average Bonchev–Trinajstić information content (AvgIpc) is 3.70. The Balaban J connectivity index is 1.42. The molecule has 5 N–H and O–H groups in total. The van der Waals surface area contributed by atoms with Gasteiger partial charge in [0.05, 0.1) is 11.8 Å². The molecule has 12 nitrogen and oxygen atoms in total. The maximum atomic E-state index is 15.0. The van der Waals surface area contributed by atoms with E-state index in [9.17, 15) is 23.2 Å². The standard InChI is InChI=1S/C27H27F2N7O5/c1-26(2,3)41-25(39)36-33-13-18-21(30)31-14-32-22(18)40-20-9-8-17(12-19(20)29)35-24(38)27(10-11-27)23(37)34-16-6-4-15(28)5-7-16/h4-9,12-14H,10-11H2,1-3H3,(H,34,37)(H,35,38)(H,36,39)(H2,30,31,32)/b33-13+. The molecule has 0 spiro atoms. The van der Waals surface area contributed by atoms with E-state index in [2.05, 4.69) is 31.1 Å². The number of halogens is 2. The highest BCUT2D eigenvalue weighted by Crippen LogP contribution is 2.47. The lowest BCUT2D eigenvalue weighted by Gasteiger charge is -2.18. The molecular formula is C27H27F2N7O5. The zero-order valence-corrected chi connectivity index (χ0v) is 22.3. The van der Waals surface area contributed by atoms with Gasteiger partial charge in [0, 0.05) is 17.4 Å². The van der Waals surface area contributed by atoms with Gasteiger partial charge in [-0.3, -0.25) is 9.59 Å². The maximum Gasteiger partial charge on any atom is 0.428 e. The van der Waals surface area contributed by atoms with Crippen LogP contribution in [-0.2, 0) is 14.3 Å². The van der Waals surface area contributed by atoms with Crippen LogP contribution in [-0.4, -0.2) is 39.7 Å². The Labute approximate surface area is 233 Å². The second-order valence-corrected chi connectivity index (χ2v) is 10.1. The summed E-state index contributed by atoms with van der Waals surface area (Å²) in [7, 11) is 0. The summed E-state index contributed by atoms with van der Waals surface area (Å²) in [5.41, 5.74) is 6.49. The van der Waals surface area contributed by atoms with Crippen LogP contribution in [0.15, 0.2) is 53.9 Å². The Morgan fingerprint density at radius 3 is 2.24 bits per heavy atom. The minimum absolute atomic E-state index is 0.0531. The van der Waals surface area contributed by atoms with Crippen molar-refractivity contribution in [3.8, 4) is 11.6 Å². The summed E-state index contributed by atoms with van der Waals surface area (Å²) in [5, 5.41) is 8.91. The summed E-state index contributed by atoms with van der Waals surface area (Å²) in [6.45, 7) is 5.06. The molecule has 0 saturated heterocycles. The van der Waals surface area contributed by atoms with Crippen LogP contribution < -0.4 is 26.5 Å². The fourth-order valence-corrected chi connectivity index (χ4v) is 3.53. The lowest BCUT2D eigenvalue weighted by molar-refractivity contribution is -0.131. The number of anilines is 3. The van der Waals surface area contributed by atoms with Gasteiger partial charge in [-0.15, -0.1) is 0 Å². The minimum Gasteiger partial charge on any atom is -0.443 e. The normalized spacial score (nSPS) is 13.8. The number of hydrogen-bond donors (Lipinski definition) is 4. The average molecular weight is 568 g/mol. The Morgan fingerprint density at radius 2 is 1.63 bits per heavy atom. The molecule has 2 aromatic carbocycles.